The third-order valence-corrected chi connectivity index (χ3v) is 4.08. The largest absolute Gasteiger partial charge is 0.465 e. The van der Waals surface area contributed by atoms with Crippen molar-refractivity contribution in [2.24, 2.45) is 0 Å². The molecule has 0 aromatic rings. The van der Waals surface area contributed by atoms with Gasteiger partial charge in [-0.15, -0.1) is 6.58 Å². The van der Waals surface area contributed by atoms with E-state index in [4.69, 9.17) is 4.74 Å². The summed E-state index contributed by atoms with van der Waals surface area (Å²) in [5.41, 5.74) is 0. The van der Waals surface area contributed by atoms with Crippen molar-refractivity contribution in [3.8, 4) is 0 Å². The highest BCUT2D eigenvalue weighted by molar-refractivity contribution is 7.80. The SMILES string of the molecule is C=CCCCCCCCCCCCCCCC(=O)OCCS. The van der Waals surface area contributed by atoms with E-state index in [0.29, 0.717) is 18.8 Å². The summed E-state index contributed by atoms with van der Waals surface area (Å²) in [6.45, 7) is 4.19. The molecule has 0 atom stereocenters. The van der Waals surface area contributed by atoms with E-state index in [1.165, 1.54) is 70.6 Å². The summed E-state index contributed by atoms with van der Waals surface area (Å²) in [6.07, 6.45) is 19.4. The number of thiol groups is 1. The molecule has 0 amide bonds. The first-order chi connectivity index (χ1) is 10.8. The second-order valence-electron chi connectivity index (χ2n) is 6.01. The van der Waals surface area contributed by atoms with E-state index in [1.807, 2.05) is 6.08 Å². The summed E-state index contributed by atoms with van der Waals surface area (Å²) in [4.78, 5) is 11.3. The van der Waals surface area contributed by atoms with Gasteiger partial charge in [0.25, 0.3) is 0 Å². The van der Waals surface area contributed by atoms with Gasteiger partial charge in [0.05, 0.1) is 0 Å². The van der Waals surface area contributed by atoms with Crippen molar-refractivity contribution in [3.63, 3.8) is 0 Å². The monoisotopic (exact) mass is 328 g/mol. The van der Waals surface area contributed by atoms with Crippen LogP contribution < -0.4 is 0 Å². The minimum Gasteiger partial charge on any atom is -0.465 e. The van der Waals surface area contributed by atoms with E-state index >= 15 is 0 Å². The molecule has 2 nitrogen and oxygen atoms in total. The summed E-state index contributed by atoms with van der Waals surface area (Å²) >= 11 is 4.01. The molecule has 0 unspecified atom stereocenters. The normalized spacial score (nSPS) is 10.6. The summed E-state index contributed by atoms with van der Waals surface area (Å²) in [5.74, 6) is 0.544. The summed E-state index contributed by atoms with van der Waals surface area (Å²) in [6, 6.07) is 0. The Labute approximate surface area is 143 Å². The Morgan fingerprint density at radius 1 is 0.818 bits per heavy atom. The van der Waals surface area contributed by atoms with Crippen molar-refractivity contribution in [1.29, 1.82) is 0 Å². The number of esters is 1. The Morgan fingerprint density at radius 2 is 1.27 bits per heavy atom. The van der Waals surface area contributed by atoms with Crippen molar-refractivity contribution >= 4 is 18.6 Å². The number of carbonyl (C=O) groups excluding carboxylic acids is 1. The quantitative estimate of drug-likeness (QED) is 0.151. The topological polar surface area (TPSA) is 26.3 Å². The fourth-order valence-electron chi connectivity index (χ4n) is 2.56. The minimum absolute atomic E-state index is 0.0675. The van der Waals surface area contributed by atoms with Crippen LogP contribution in [-0.4, -0.2) is 18.3 Å². The third kappa shape index (κ3) is 17.6. The first-order valence-corrected chi connectivity index (χ1v) is 9.82. The van der Waals surface area contributed by atoms with Crippen LogP contribution in [0.25, 0.3) is 0 Å². The first-order valence-electron chi connectivity index (χ1n) is 9.18. The lowest BCUT2D eigenvalue weighted by Gasteiger charge is -2.04. The van der Waals surface area contributed by atoms with E-state index in [0.717, 1.165) is 12.8 Å². The molecular formula is C19H36O2S. The highest BCUT2D eigenvalue weighted by Crippen LogP contribution is 2.13. The van der Waals surface area contributed by atoms with Crippen molar-refractivity contribution in [1.82, 2.24) is 0 Å². The number of carbonyl (C=O) groups is 1. The molecule has 0 heterocycles. The highest BCUT2D eigenvalue weighted by atomic mass is 32.1. The van der Waals surface area contributed by atoms with Crippen molar-refractivity contribution in [3.05, 3.63) is 12.7 Å². The molecule has 0 saturated heterocycles. The molecule has 0 saturated carbocycles. The van der Waals surface area contributed by atoms with E-state index in [2.05, 4.69) is 19.2 Å². The standard InChI is InChI=1S/C19H36O2S/c1-2-3-4-5-6-7-8-9-10-11-12-13-14-15-16-19(20)21-17-18-22/h2,22H,1,3-18H2. The van der Waals surface area contributed by atoms with Crippen LogP contribution in [-0.2, 0) is 9.53 Å². The molecule has 0 aliphatic carbocycles. The molecule has 0 fully saturated rings. The molecule has 0 bridgehead atoms. The van der Waals surface area contributed by atoms with Crippen LogP contribution in [0, 0.1) is 0 Å². The van der Waals surface area contributed by atoms with Gasteiger partial charge in [-0.3, -0.25) is 4.79 Å². The lowest BCUT2D eigenvalue weighted by Crippen LogP contribution is -2.06. The Morgan fingerprint density at radius 3 is 1.73 bits per heavy atom. The minimum atomic E-state index is -0.0675. The Balaban J connectivity index is 3.05. The number of hydrogen-bond acceptors (Lipinski definition) is 3. The summed E-state index contributed by atoms with van der Waals surface area (Å²) in [5, 5.41) is 0. The smallest absolute Gasteiger partial charge is 0.305 e. The van der Waals surface area contributed by atoms with Crippen LogP contribution in [0.3, 0.4) is 0 Å². The molecule has 0 aromatic carbocycles. The Hall–Kier alpha value is -0.440. The fourth-order valence-corrected chi connectivity index (χ4v) is 2.65. The van der Waals surface area contributed by atoms with E-state index in [-0.39, 0.29) is 5.97 Å². The number of rotatable bonds is 17. The average Bonchev–Trinajstić information content (AvgIpc) is 2.53. The maximum absolute atomic E-state index is 11.3. The molecule has 0 aliphatic heterocycles. The van der Waals surface area contributed by atoms with Gasteiger partial charge in [0.15, 0.2) is 0 Å². The fraction of sp³-hybridized carbons (Fsp3) is 0.842. The van der Waals surface area contributed by atoms with Crippen molar-refractivity contribution in [2.75, 3.05) is 12.4 Å². The molecule has 22 heavy (non-hydrogen) atoms. The zero-order valence-corrected chi connectivity index (χ0v) is 15.3. The zero-order valence-electron chi connectivity index (χ0n) is 14.4. The lowest BCUT2D eigenvalue weighted by atomic mass is 10.0. The average molecular weight is 329 g/mol. The van der Waals surface area contributed by atoms with Crippen LogP contribution in [0.4, 0.5) is 0 Å². The molecule has 0 spiro atoms. The Kier molecular flexibility index (Phi) is 18.2. The molecule has 0 aromatic heterocycles. The lowest BCUT2D eigenvalue weighted by molar-refractivity contribution is -0.143. The second-order valence-corrected chi connectivity index (χ2v) is 6.46. The number of hydrogen-bond donors (Lipinski definition) is 1. The van der Waals surface area contributed by atoms with E-state index < -0.39 is 0 Å². The van der Waals surface area contributed by atoms with Gasteiger partial charge in [0.1, 0.15) is 6.61 Å². The number of allylic oxidation sites excluding steroid dienone is 1. The van der Waals surface area contributed by atoms with Gasteiger partial charge in [-0.05, 0) is 19.3 Å². The predicted molar refractivity (Wildman–Crippen MR) is 99.6 cm³/mol. The second kappa shape index (κ2) is 18.6. The van der Waals surface area contributed by atoms with Gasteiger partial charge in [0, 0.05) is 12.2 Å². The van der Waals surface area contributed by atoms with Gasteiger partial charge >= 0.3 is 5.97 Å². The molecule has 3 heteroatoms. The van der Waals surface area contributed by atoms with Crippen LogP contribution in [0.5, 0.6) is 0 Å². The van der Waals surface area contributed by atoms with Crippen molar-refractivity contribution < 1.29 is 9.53 Å². The summed E-state index contributed by atoms with van der Waals surface area (Å²) < 4.78 is 4.98. The molecule has 0 N–H and O–H groups in total. The molecule has 0 aliphatic rings. The highest BCUT2D eigenvalue weighted by Gasteiger charge is 2.01. The molecular weight excluding hydrogens is 292 g/mol. The van der Waals surface area contributed by atoms with E-state index in [9.17, 15) is 4.79 Å². The Bertz CT molecular complexity index is 254. The number of unbranched alkanes of at least 4 members (excludes halogenated alkanes) is 12. The zero-order chi connectivity index (χ0) is 16.3. The van der Waals surface area contributed by atoms with Gasteiger partial charge in [-0.2, -0.15) is 12.6 Å². The van der Waals surface area contributed by atoms with Crippen LogP contribution in [0.2, 0.25) is 0 Å². The van der Waals surface area contributed by atoms with Crippen LogP contribution in [0.15, 0.2) is 12.7 Å². The number of ether oxygens (including phenoxy) is 1. The maximum Gasteiger partial charge on any atom is 0.305 e. The van der Waals surface area contributed by atoms with Crippen LogP contribution in [0.1, 0.15) is 89.9 Å². The first kappa shape index (κ1) is 21.6. The van der Waals surface area contributed by atoms with Crippen LogP contribution >= 0.6 is 12.6 Å². The van der Waals surface area contributed by atoms with Gasteiger partial charge in [-0.1, -0.05) is 70.3 Å². The van der Waals surface area contributed by atoms with Crippen molar-refractivity contribution in [2.45, 2.75) is 89.9 Å². The molecule has 0 radical (unpaired) electrons. The predicted octanol–water partition coefficient (Wildman–Crippen LogP) is 6.11. The van der Waals surface area contributed by atoms with Gasteiger partial charge in [-0.25, -0.2) is 0 Å². The van der Waals surface area contributed by atoms with Gasteiger partial charge in [0.2, 0.25) is 0 Å². The maximum atomic E-state index is 11.3. The van der Waals surface area contributed by atoms with E-state index in [1.54, 1.807) is 0 Å². The molecule has 130 valence electrons. The molecule has 0 rings (SSSR count). The third-order valence-electron chi connectivity index (χ3n) is 3.89. The van der Waals surface area contributed by atoms with Gasteiger partial charge < -0.3 is 4.74 Å². The summed E-state index contributed by atoms with van der Waals surface area (Å²) in [7, 11) is 0.